The van der Waals surface area contributed by atoms with Crippen LogP contribution in [-0.4, -0.2) is 17.4 Å². The lowest BCUT2D eigenvalue weighted by atomic mass is 10.2. The van der Waals surface area contributed by atoms with Gasteiger partial charge in [-0.05, 0) is 37.1 Å². The molecule has 2 aromatic carbocycles. The number of nitrogens with one attached hydrogen (secondary N) is 1. The van der Waals surface area contributed by atoms with E-state index < -0.39 is 0 Å². The Bertz CT molecular complexity index is 917. The largest absolute Gasteiger partial charge is 0.365 e. The second-order valence-electron chi connectivity index (χ2n) is 6.62. The number of benzene rings is 2. The molecule has 1 N–H and O–H groups in total. The van der Waals surface area contributed by atoms with Crippen LogP contribution in [0.1, 0.15) is 21.8 Å². The monoisotopic (exact) mass is 363 g/mol. The molecule has 0 aliphatic carbocycles. The van der Waals surface area contributed by atoms with Crippen LogP contribution in [0.2, 0.25) is 0 Å². The SMILES string of the molecule is Cc1ccc(NC(=O)Cc2nc(CN3CCc4ccccc43)cs2)cc1. The van der Waals surface area contributed by atoms with E-state index in [1.807, 2.05) is 31.2 Å². The van der Waals surface area contributed by atoms with E-state index in [9.17, 15) is 4.79 Å². The molecule has 0 bridgehead atoms. The molecule has 0 spiro atoms. The molecule has 132 valence electrons. The van der Waals surface area contributed by atoms with Crippen molar-refractivity contribution in [2.24, 2.45) is 0 Å². The molecule has 0 unspecified atom stereocenters. The molecule has 1 aliphatic rings. The summed E-state index contributed by atoms with van der Waals surface area (Å²) in [6.07, 6.45) is 1.40. The molecule has 1 amide bonds. The third kappa shape index (κ3) is 3.78. The molecule has 1 aromatic heterocycles. The first-order valence-corrected chi connectivity index (χ1v) is 9.68. The molecule has 4 rings (SSSR count). The summed E-state index contributed by atoms with van der Waals surface area (Å²) in [6.45, 7) is 3.86. The zero-order valence-electron chi connectivity index (χ0n) is 14.7. The van der Waals surface area contributed by atoms with Crippen LogP contribution in [0.3, 0.4) is 0 Å². The highest BCUT2D eigenvalue weighted by molar-refractivity contribution is 7.09. The van der Waals surface area contributed by atoms with Crippen LogP contribution >= 0.6 is 11.3 Å². The van der Waals surface area contributed by atoms with Gasteiger partial charge in [-0.25, -0.2) is 4.98 Å². The Labute approximate surface area is 157 Å². The van der Waals surface area contributed by atoms with Crippen LogP contribution < -0.4 is 10.2 Å². The standard InChI is InChI=1S/C21H21N3OS/c1-15-6-8-17(9-7-15)22-20(25)12-21-23-18(14-26-21)13-24-11-10-16-4-2-3-5-19(16)24/h2-9,14H,10-13H2,1H3,(H,22,25). The minimum atomic E-state index is -0.0266. The zero-order valence-corrected chi connectivity index (χ0v) is 15.6. The molecule has 0 saturated heterocycles. The van der Waals surface area contributed by atoms with Gasteiger partial charge in [0.25, 0.3) is 0 Å². The van der Waals surface area contributed by atoms with Gasteiger partial charge < -0.3 is 10.2 Å². The van der Waals surface area contributed by atoms with Gasteiger partial charge in [0.2, 0.25) is 5.91 Å². The fourth-order valence-electron chi connectivity index (χ4n) is 3.25. The highest BCUT2D eigenvalue weighted by Crippen LogP contribution is 2.29. The number of fused-ring (bicyclic) bond motifs is 1. The normalized spacial score (nSPS) is 12.9. The van der Waals surface area contributed by atoms with Crippen molar-refractivity contribution in [2.45, 2.75) is 26.3 Å². The first-order valence-electron chi connectivity index (χ1n) is 8.80. The second kappa shape index (κ2) is 7.30. The van der Waals surface area contributed by atoms with Gasteiger partial charge in [-0.1, -0.05) is 35.9 Å². The topological polar surface area (TPSA) is 45.2 Å². The number of carbonyl (C=O) groups is 1. The van der Waals surface area contributed by atoms with Crippen LogP contribution in [-0.2, 0) is 24.2 Å². The number of anilines is 2. The number of para-hydroxylation sites is 1. The average molecular weight is 363 g/mol. The maximum atomic E-state index is 12.2. The van der Waals surface area contributed by atoms with Gasteiger partial charge in [-0.2, -0.15) is 0 Å². The van der Waals surface area contributed by atoms with Crippen LogP contribution in [0.4, 0.5) is 11.4 Å². The zero-order chi connectivity index (χ0) is 17.9. The third-order valence-corrected chi connectivity index (χ3v) is 5.48. The predicted octanol–water partition coefficient (Wildman–Crippen LogP) is 4.20. The Morgan fingerprint density at radius 3 is 2.85 bits per heavy atom. The summed E-state index contributed by atoms with van der Waals surface area (Å²) in [5, 5.41) is 5.85. The van der Waals surface area contributed by atoms with E-state index in [-0.39, 0.29) is 5.91 Å². The highest BCUT2D eigenvalue weighted by atomic mass is 32.1. The molecule has 4 nitrogen and oxygen atoms in total. The summed E-state index contributed by atoms with van der Waals surface area (Å²) in [7, 11) is 0. The van der Waals surface area contributed by atoms with Crippen molar-refractivity contribution in [3.8, 4) is 0 Å². The Kier molecular flexibility index (Phi) is 4.71. The number of aryl methyl sites for hydroxylation is 1. The molecular formula is C21H21N3OS. The second-order valence-corrected chi connectivity index (χ2v) is 7.57. The van der Waals surface area contributed by atoms with E-state index in [1.54, 1.807) is 11.3 Å². The van der Waals surface area contributed by atoms with Gasteiger partial charge in [0.05, 0.1) is 18.7 Å². The van der Waals surface area contributed by atoms with Crippen LogP contribution in [0.25, 0.3) is 0 Å². The summed E-state index contributed by atoms with van der Waals surface area (Å²) in [4.78, 5) is 19.2. The van der Waals surface area contributed by atoms with Gasteiger partial charge in [-0.3, -0.25) is 4.79 Å². The van der Waals surface area contributed by atoms with Crippen LogP contribution in [0, 0.1) is 6.92 Å². The van der Waals surface area contributed by atoms with E-state index in [1.165, 1.54) is 16.8 Å². The summed E-state index contributed by atoms with van der Waals surface area (Å²) in [5.74, 6) is -0.0266. The van der Waals surface area contributed by atoms with Crippen molar-refractivity contribution in [1.82, 2.24) is 4.98 Å². The molecule has 3 aromatic rings. The number of thiazole rings is 1. The first kappa shape index (κ1) is 16.8. The number of amides is 1. The van der Waals surface area contributed by atoms with E-state index in [0.717, 1.165) is 35.9 Å². The lowest BCUT2D eigenvalue weighted by Gasteiger charge is -2.17. The van der Waals surface area contributed by atoms with Crippen LogP contribution in [0.15, 0.2) is 53.9 Å². The highest BCUT2D eigenvalue weighted by Gasteiger charge is 2.19. The molecule has 1 aliphatic heterocycles. The Hall–Kier alpha value is -2.66. The predicted molar refractivity (Wildman–Crippen MR) is 107 cm³/mol. The molecule has 2 heterocycles. The minimum absolute atomic E-state index is 0.0266. The van der Waals surface area contributed by atoms with Gasteiger partial charge in [-0.15, -0.1) is 11.3 Å². The number of rotatable bonds is 5. The Morgan fingerprint density at radius 1 is 1.19 bits per heavy atom. The molecule has 5 heteroatoms. The number of aromatic nitrogens is 1. The number of carbonyl (C=O) groups excluding carboxylic acids is 1. The minimum Gasteiger partial charge on any atom is -0.365 e. The first-order chi connectivity index (χ1) is 12.7. The van der Waals surface area contributed by atoms with Crippen molar-refractivity contribution in [2.75, 3.05) is 16.8 Å². The van der Waals surface area contributed by atoms with Gasteiger partial charge >= 0.3 is 0 Å². The Morgan fingerprint density at radius 2 is 2.00 bits per heavy atom. The van der Waals surface area contributed by atoms with Crippen molar-refractivity contribution in [1.29, 1.82) is 0 Å². The lowest BCUT2D eigenvalue weighted by Crippen LogP contribution is -2.20. The quantitative estimate of drug-likeness (QED) is 0.739. The van der Waals surface area contributed by atoms with E-state index >= 15 is 0 Å². The summed E-state index contributed by atoms with van der Waals surface area (Å²) in [6, 6.07) is 16.4. The maximum absolute atomic E-state index is 12.2. The number of nitrogens with zero attached hydrogens (tertiary/aromatic N) is 2. The molecule has 0 saturated carbocycles. The van der Waals surface area contributed by atoms with Crippen molar-refractivity contribution >= 4 is 28.6 Å². The molecule has 0 fully saturated rings. The average Bonchev–Trinajstić information content (AvgIpc) is 3.25. The van der Waals surface area contributed by atoms with E-state index in [4.69, 9.17) is 0 Å². The third-order valence-electron chi connectivity index (χ3n) is 4.58. The maximum Gasteiger partial charge on any atom is 0.231 e. The van der Waals surface area contributed by atoms with Gasteiger partial charge in [0.1, 0.15) is 5.01 Å². The van der Waals surface area contributed by atoms with E-state index in [2.05, 4.69) is 44.8 Å². The smallest absolute Gasteiger partial charge is 0.231 e. The summed E-state index contributed by atoms with van der Waals surface area (Å²) >= 11 is 1.56. The van der Waals surface area contributed by atoms with Crippen molar-refractivity contribution in [3.63, 3.8) is 0 Å². The van der Waals surface area contributed by atoms with Gasteiger partial charge in [0.15, 0.2) is 0 Å². The number of hydrogen-bond acceptors (Lipinski definition) is 4. The lowest BCUT2D eigenvalue weighted by molar-refractivity contribution is -0.115. The van der Waals surface area contributed by atoms with Crippen molar-refractivity contribution < 1.29 is 4.79 Å². The fraction of sp³-hybridized carbons (Fsp3) is 0.238. The Balaban J connectivity index is 1.36. The van der Waals surface area contributed by atoms with Crippen LogP contribution in [0.5, 0.6) is 0 Å². The molecule has 0 atom stereocenters. The number of hydrogen-bond donors (Lipinski definition) is 1. The molecule has 0 radical (unpaired) electrons. The fourth-order valence-corrected chi connectivity index (χ4v) is 4.03. The summed E-state index contributed by atoms with van der Waals surface area (Å²) in [5.41, 5.74) is 5.74. The molecular weight excluding hydrogens is 342 g/mol. The van der Waals surface area contributed by atoms with Crippen molar-refractivity contribution in [3.05, 3.63) is 75.7 Å². The molecule has 26 heavy (non-hydrogen) atoms. The summed E-state index contributed by atoms with van der Waals surface area (Å²) < 4.78 is 0. The van der Waals surface area contributed by atoms with Gasteiger partial charge in [0, 0.05) is 23.3 Å². The van der Waals surface area contributed by atoms with E-state index in [0.29, 0.717) is 6.42 Å².